The maximum absolute atomic E-state index is 13.2. The zero-order chi connectivity index (χ0) is 20.0. The average molecular weight is 382 g/mol. The van der Waals surface area contributed by atoms with Gasteiger partial charge in [0.05, 0.1) is 6.07 Å². The van der Waals surface area contributed by atoms with Crippen LogP contribution in [-0.4, -0.2) is 24.7 Å². The Morgan fingerprint density at radius 2 is 1.78 bits per heavy atom. The van der Waals surface area contributed by atoms with Crippen LogP contribution in [0.1, 0.15) is 17.3 Å². The summed E-state index contributed by atoms with van der Waals surface area (Å²) in [6.07, 6.45) is 0. The zero-order valence-electron chi connectivity index (χ0n) is 14.0. The molecule has 2 rings (SSSR count). The van der Waals surface area contributed by atoms with Crippen LogP contribution in [0.15, 0.2) is 42.5 Å². The summed E-state index contributed by atoms with van der Waals surface area (Å²) in [4.78, 5) is 12.2. The highest BCUT2D eigenvalue weighted by Gasteiger charge is 2.28. The van der Waals surface area contributed by atoms with Gasteiger partial charge in [-0.3, -0.25) is 4.79 Å². The van der Waals surface area contributed by atoms with Crippen LogP contribution in [0.3, 0.4) is 0 Å². The van der Waals surface area contributed by atoms with Crippen LogP contribution in [0.4, 0.5) is 17.6 Å². The molecule has 0 aliphatic carbocycles. The second kappa shape index (κ2) is 8.40. The Morgan fingerprint density at radius 1 is 1.15 bits per heavy atom. The van der Waals surface area contributed by atoms with Gasteiger partial charge in [-0.1, -0.05) is 0 Å². The van der Waals surface area contributed by atoms with Gasteiger partial charge in [0, 0.05) is 11.6 Å². The van der Waals surface area contributed by atoms with Crippen LogP contribution in [0.2, 0.25) is 0 Å². The minimum Gasteiger partial charge on any atom is -0.490 e. The van der Waals surface area contributed by atoms with E-state index in [1.807, 2.05) is 6.07 Å². The summed E-state index contributed by atoms with van der Waals surface area (Å²) in [5, 5.41) is 11.8. The minimum absolute atomic E-state index is 0.0156. The summed E-state index contributed by atoms with van der Waals surface area (Å²) in [5.74, 6) is -2.94. The van der Waals surface area contributed by atoms with Crippen molar-refractivity contribution < 1.29 is 31.8 Å². The fourth-order valence-electron chi connectivity index (χ4n) is 2.00. The molecule has 0 saturated carbocycles. The van der Waals surface area contributed by atoms with E-state index in [2.05, 4.69) is 10.1 Å². The van der Waals surface area contributed by atoms with Crippen molar-refractivity contribution in [1.82, 2.24) is 5.32 Å². The summed E-state index contributed by atoms with van der Waals surface area (Å²) >= 11 is 0. The van der Waals surface area contributed by atoms with Crippen LogP contribution in [0.25, 0.3) is 0 Å². The fraction of sp³-hybridized carbons (Fsp3) is 0.222. The standard InChI is InChI=1S/C18H14F4N2O3/c1-18(9-23,10-26-13-6-7-14(19)15(20)8-13)24-16(25)11-2-4-12(5-3-11)27-17(21)22/h2-8,17H,10H2,1H3,(H,24,25)/t18-/m1/s1. The van der Waals surface area contributed by atoms with Gasteiger partial charge in [0.2, 0.25) is 0 Å². The highest BCUT2D eigenvalue weighted by Crippen LogP contribution is 2.18. The summed E-state index contributed by atoms with van der Waals surface area (Å²) < 4.78 is 59.8. The molecule has 5 nitrogen and oxygen atoms in total. The van der Waals surface area contributed by atoms with E-state index >= 15 is 0 Å². The Kier molecular flexibility index (Phi) is 6.23. The van der Waals surface area contributed by atoms with Crippen molar-refractivity contribution in [3.05, 3.63) is 59.7 Å². The Bertz CT molecular complexity index is 853. The van der Waals surface area contributed by atoms with Crippen molar-refractivity contribution in [2.75, 3.05) is 6.61 Å². The molecule has 2 aromatic carbocycles. The number of halogens is 4. The summed E-state index contributed by atoms with van der Waals surface area (Å²) in [5.41, 5.74) is -1.38. The number of hydrogen-bond donors (Lipinski definition) is 1. The molecule has 0 spiro atoms. The lowest BCUT2D eigenvalue weighted by atomic mass is 10.1. The number of rotatable bonds is 7. The summed E-state index contributed by atoms with van der Waals surface area (Å²) in [6, 6.07) is 9.60. The zero-order valence-corrected chi connectivity index (χ0v) is 14.0. The van der Waals surface area contributed by atoms with Crippen molar-refractivity contribution in [1.29, 1.82) is 5.26 Å². The first-order valence-electron chi connectivity index (χ1n) is 7.59. The third-order valence-corrected chi connectivity index (χ3v) is 3.40. The minimum atomic E-state index is -2.99. The van der Waals surface area contributed by atoms with Crippen LogP contribution in [0.5, 0.6) is 11.5 Å². The Hall–Kier alpha value is -3.28. The average Bonchev–Trinajstić information content (AvgIpc) is 2.63. The van der Waals surface area contributed by atoms with E-state index in [9.17, 15) is 27.6 Å². The first-order chi connectivity index (χ1) is 12.7. The molecule has 0 aromatic heterocycles. The van der Waals surface area contributed by atoms with Gasteiger partial charge in [0.25, 0.3) is 5.91 Å². The maximum Gasteiger partial charge on any atom is 0.387 e. The Balaban J connectivity index is 2.02. The van der Waals surface area contributed by atoms with Gasteiger partial charge in [0.15, 0.2) is 17.2 Å². The van der Waals surface area contributed by atoms with Gasteiger partial charge in [-0.25, -0.2) is 8.78 Å². The monoisotopic (exact) mass is 382 g/mol. The summed E-state index contributed by atoms with van der Waals surface area (Å²) in [7, 11) is 0. The predicted octanol–water partition coefficient (Wildman–Crippen LogP) is 3.66. The molecule has 27 heavy (non-hydrogen) atoms. The van der Waals surface area contributed by atoms with Gasteiger partial charge in [-0.2, -0.15) is 14.0 Å². The van der Waals surface area contributed by atoms with E-state index in [1.54, 1.807) is 0 Å². The molecule has 1 amide bonds. The van der Waals surface area contributed by atoms with Crippen molar-refractivity contribution in [2.24, 2.45) is 0 Å². The first-order valence-corrected chi connectivity index (χ1v) is 7.59. The van der Waals surface area contributed by atoms with Crippen LogP contribution in [0, 0.1) is 23.0 Å². The predicted molar refractivity (Wildman–Crippen MR) is 86.4 cm³/mol. The number of carbonyl (C=O) groups is 1. The molecule has 0 bridgehead atoms. The molecule has 0 fully saturated rings. The molecule has 142 valence electrons. The molecule has 9 heteroatoms. The van der Waals surface area contributed by atoms with Crippen molar-refractivity contribution in [3.8, 4) is 17.6 Å². The van der Waals surface area contributed by atoms with E-state index in [1.165, 1.54) is 37.3 Å². The number of nitrogens with one attached hydrogen (secondary N) is 1. The normalized spacial score (nSPS) is 12.8. The second-order valence-corrected chi connectivity index (χ2v) is 5.67. The SMILES string of the molecule is C[C@@](C#N)(COc1ccc(F)c(F)c1)NC(=O)c1ccc(OC(F)F)cc1. The molecule has 2 aromatic rings. The smallest absolute Gasteiger partial charge is 0.387 e. The lowest BCUT2D eigenvalue weighted by Crippen LogP contribution is -2.49. The van der Waals surface area contributed by atoms with E-state index in [0.717, 1.165) is 12.1 Å². The van der Waals surface area contributed by atoms with Crippen LogP contribution < -0.4 is 14.8 Å². The van der Waals surface area contributed by atoms with Crippen LogP contribution in [-0.2, 0) is 0 Å². The van der Waals surface area contributed by atoms with Gasteiger partial charge < -0.3 is 14.8 Å². The number of ether oxygens (including phenoxy) is 2. The number of alkyl halides is 2. The van der Waals surface area contributed by atoms with Crippen molar-refractivity contribution in [2.45, 2.75) is 19.1 Å². The lowest BCUT2D eigenvalue weighted by molar-refractivity contribution is -0.0498. The van der Waals surface area contributed by atoms with Gasteiger partial charge >= 0.3 is 6.61 Å². The molecule has 1 atom stereocenters. The Morgan fingerprint density at radius 3 is 2.33 bits per heavy atom. The second-order valence-electron chi connectivity index (χ2n) is 5.67. The number of nitriles is 1. The van der Waals surface area contributed by atoms with E-state index in [0.29, 0.717) is 0 Å². The van der Waals surface area contributed by atoms with E-state index < -0.39 is 29.7 Å². The number of nitrogens with zero attached hydrogens (tertiary/aromatic N) is 1. The van der Waals surface area contributed by atoms with E-state index in [4.69, 9.17) is 4.74 Å². The Labute approximate surface area is 152 Å². The number of carbonyl (C=O) groups excluding carboxylic acids is 1. The van der Waals surface area contributed by atoms with E-state index in [-0.39, 0.29) is 23.7 Å². The molecule has 0 saturated heterocycles. The topological polar surface area (TPSA) is 71.3 Å². The third-order valence-electron chi connectivity index (χ3n) is 3.40. The lowest BCUT2D eigenvalue weighted by Gasteiger charge is -2.23. The number of benzene rings is 2. The van der Waals surface area contributed by atoms with Crippen molar-refractivity contribution in [3.63, 3.8) is 0 Å². The maximum atomic E-state index is 13.2. The molecule has 0 unspecified atom stereocenters. The molecule has 0 radical (unpaired) electrons. The molecule has 0 aliphatic rings. The first kappa shape index (κ1) is 20.0. The molecular weight excluding hydrogens is 368 g/mol. The quantitative estimate of drug-likeness (QED) is 0.742. The highest BCUT2D eigenvalue weighted by molar-refractivity contribution is 5.95. The number of amides is 1. The van der Waals surface area contributed by atoms with Crippen LogP contribution >= 0.6 is 0 Å². The van der Waals surface area contributed by atoms with Gasteiger partial charge in [0.1, 0.15) is 18.1 Å². The number of hydrogen-bond acceptors (Lipinski definition) is 4. The largest absolute Gasteiger partial charge is 0.490 e. The molecule has 0 heterocycles. The van der Waals surface area contributed by atoms with Gasteiger partial charge in [-0.05, 0) is 43.3 Å². The third kappa shape index (κ3) is 5.60. The molecular formula is C18H14F4N2O3. The molecule has 0 aliphatic heterocycles. The highest BCUT2D eigenvalue weighted by atomic mass is 19.3. The van der Waals surface area contributed by atoms with Gasteiger partial charge in [-0.15, -0.1) is 0 Å². The van der Waals surface area contributed by atoms with Crippen molar-refractivity contribution >= 4 is 5.91 Å². The molecule has 1 N–H and O–H groups in total. The summed E-state index contributed by atoms with van der Waals surface area (Å²) in [6.45, 7) is -1.95. The fourth-order valence-corrected chi connectivity index (χ4v) is 2.00.